The molecule has 0 amide bonds. The number of rotatable bonds is 3. The molecular weight excluding hydrogens is 248 g/mol. The normalized spacial score (nSPS) is 13.9. The van der Waals surface area contributed by atoms with Crippen molar-refractivity contribution in [2.24, 2.45) is 0 Å². The molecule has 3 rings (SSSR count). The van der Waals surface area contributed by atoms with Gasteiger partial charge in [-0.15, -0.1) is 0 Å². The van der Waals surface area contributed by atoms with Crippen LogP contribution in [0.25, 0.3) is 0 Å². The maximum atomic E-state index is 5.88. The summed E-state index contributed by atoms with van der Waals surface area (Å²) in [5.41, 5.74) is 10.7. The molecule has 0 aliphatic carbocycles. The van der Waals surface area contributed by atoms with Gasteiger partial charge in [-0.25, -0.2) is 0 Å². The lowest BCUT2D eigenvalue weighted by Gasteiger charge is -2.31. The predicted molar refractivity (Wildman–Crippen MR) is 83.2 cm³/mol. The fourth-order valence-electron chi connectivity index (χ4n) is 2.72. The van der Waals surface area contributed by atoms with Crippen molar-refractivity contribution in [3.05, 3.63) is 53.6 Å². The highest BCUT2D eigenvalue weighted by molar-refractivity contribution is 5.53. The molecule has 1 aliphatic heterocycles. The largest absolute Gasteiger partial charge is 0.494 e. The van der Waals surface area contributed by atoms with E-state index in [1.165, 1.54) is 16.8 Å². The van der Waals surface area contributed by atoms with Gasteiger partial charge in [-0.05, 0) is 60.9 Å². The lowest BCUT2D eigenvalue weighted by molar-refractivity contribution is 0.340. The first kappa shape index (κ1) is 12.9. The number of ether oxygens (including phenoxy) is 1. The second-order valence-electron chi connectivity index (χ2n) is 5.13. The van der Waals surface area contributed by atoms with Crippen LogP contribution in [0.2, 0.25) is 0 Å². The quantitative estimate of drug-likeness (QED) is 0.869. The van der Waals surface area contributed by atoms with Crippen molar-refractivity contribution in [2.75, 3.05) is 23.8 Å². The topological polar surface area (TPSA) is 38.5 Å². The summed E-state index contributed by atoms with van der Waals surface area (Å²) >= 11 is 0. The van der Waals surface area contributed by atoms with Crippen LogP contribution in [-0.4, -0.2) is 13.2 Å². The van der Waals surface area contributed by atoms with E-state index >= 15 is 0 Å². The minimum Gasteiger partial charge on any atom is -0.494 e. The first-order valence-corrected chi connectivity index (χ1v) is 7.11. The molecule has 1 heterocycles. The van der Waals surface area contributed by atoms with Gasteiger partial charge in [-0.2, -0.15) is 0 Å². The molecule has 0 bridgehead atoms. The number of nitrogens with two attached hydrogens (primary N) is 1. The van der Waals surface area contributed by atoms with E-state index in [1.54, 1.807) is 0 Å². The molecule has 0 fully saturated rings. The van der Waals surface area contributed by atoms with Gasteiger partial charge in [0.2, 0.25) is 0 Å². The Morgan fingerprint density at radius 2 is 1.90 bits per heavy atom. The molecule has 3 nitrogen and oxygen atoms in total. The first-order valence-electron chi connectivity index (χ1n) is 7.11. The second kappa shape index (κ2) is 5.45. The van der Waals surface area contributed by atoms with Crippen molar-refractivity contribution in [2.45, 2.75) is 19.9 Å². The van der Waals surface area contributed by atoms with E-state index in [0.29, 0.717) is 6.61 Å². The number of fused-ring (bicyclic) bond motifs is 1. The van der Waals surface area contributed by atoms with Crippen molar-refractivity contribution in [1.29, 1.82) is 0 Å². The number of nitrogen functional groups attached to an aromatic ring is 1. The fraction of sp³-hybridized carbons (Fsp3) is 0.294. The Labute approximate surface area is 120 Å². The van der Waals surface area contributed by atoms with Gasteiger partial charge in [-0.3, -0.25) is 0 Å². The van der Waals surface area contributed by atoms with Gasteiger partial charge < -0.3 is 15.4 Å². The van der Waals surface area contributed by atoms with Crippen LogP contribution in [0.15, 0.2) is 42.5 Å². The molecular formula is C17H20N2O. The average molecular weight is 268 g/mol. The van der Waals surface area contributed by atoms with Crippen molar-refractivity contribution < 1.29 is 4.74 Å². The van der Waals surface area contributed by atoms with Gasteiger partial charge in [-0.1, -0.05) is 6.07 Å². The summed E-state index contributed by atoms with van der Waals surface area (Å²) in [4.78, 5) is 2.39. The summed E-state index contributed by atoms with van der Waals surface area (Å²) in [6.07, 6.45) is 1.07. The third kappa shape index (κ3) is 2.57. The van der Waals surface area contributed by atoms with Crippen LogP contribution in [0.3, 0.4) is 0 Å². The van der Waals surface area contributed by atoms with Crippen LogP contribution >= 0.6 is 0 Å². The Morgan fingerprint density at radius 3 is 2.65 bits per heavy atom. The van der Waals surface area contributed by atoms with Crippen LogP contribution in [0.5, 0.6) is 5.75 Å². The Hall–Kier alpha value is -2.16. The van der Waals surface area contributed by atoms with Gasteiger partial charge >= 0.3 is 0 Å². The lowest BCUT2D eigenvalue weighted by atomic mass is 9.98. The molecule has 20 heavy (non-hydrogen) atoms. The Bertz CT molecular complexity index is 592. The molecule has 0 spiro atoms. The molecule has 0 saturated heterocycles. The molecule has 1 aliphatic rings. The summed E-state index contributed by atoms with van der Waals surface area (Å²) in [6.45, 7) is 4.68. The zero-order valence-corrected chi connectivity index (χ0v) is 11.8. The summed E-state index contributed by atoms with van der Waals surface area (Å²) in [6, 6.07) is 14.6. The highest BCUT2D eigenvalue weighted by atomic mass is 16.5. The van der Waals surface area contributed by atoms with E-state index in [0.717, 1.165) is 30.9 Å². The van der Waals surface area contributed by atoms with Crippen molar-refractivity contribution in [3.63, 3.8) is 0 Å². The predicted octanol–water partition coefficient (Wildman–Crippen LogP) is 3.23. The lowest BCUT2D eigenvalue weighted by Crippen LogP contribution is -2.30. The molecule has 104 valence electrons. The molecule has 2 aromatic carbocycles. The van der Waals surface area contributed by atoms with Crippen LogP contribution in [0.4, 0.5) is 11.4 Å². The van der Waals surface area contributed by atoms with E-state index < -0.39 is 0 Å². The number of hydrogen-bond donors (Lipinski definition) is 1. The third-order valence-corrected chi connectivity index (χ3v) is 3.76. The maximum Gasteiger partial charge on any atom is 0.119 e. The van der Waals surface area contributed by atoms with Crippen molar-refractivity contribution in [1.82, 2.24) is 0 Å². The zero-order chi connectivity index (χ0) is 13.9. The number of hydrogen-bond acceptors (Lipinski definition) is 3. The Kier molecular flexibility index (Phi) is 3.50. The van der Waals surface area contributed by atoms with Gasteiger partial charge in [0.1, 0.15) is 5.75 Å². The Balaban J connectivity index is 1.79. The zero-order valence-electron chi connectivity index (χ0n) is 11.8. The highest BCUT2D eigenvalue weighted by Gasteiger charge is 2.16. The van der Waals surface area contributed by atoms with E-state index in [4.69, 9.17) is 10.5 Å². The van der Waals surface area contributed by atoms with E-state index in [2.05, 4.69) is 29.2 Å². The van der Waals surface area contributed by atoms with Gasteiger partial charge in [0.05, 0.1) is 6.61 Å². The van der Waals surface area contributed by atoms with E-state index in [9.17, 15) is 0 Å². The number of nitrogens with zero attached hydrogens (tertiary/aromatic N) is 1. The molecule has 2 aromatic rings. The summed E-state index contributed by atoms with van der Waals surface area (Å²) in [5, 5.41) is 0. The standard InChI is InChI=1S/C17H20N2O/c1-2-20-17-7-5-16(6-8-17)19-10-9-13-3-4-15(18)11-14(13)12-19/h3-8,11H,2,9-10,12,18H2,1H3. The monoisotopic (exact) mass is 268 g/mol. The van der Waals surface area contributed by atoms with Crippen LogP contribution in [0.1, 0.15) is 18.1 Å². The smallest absolute Gasteiger partial charge is 0.119 e. The second-order valence-corrected chi connectivity index (χ2v) is 5.13. The molecule has 3 heteroatoms. The number of anilines is 2. The van der Waals surface area contributed by atoms with E-state index in [-0.39, 0.29) is 0 Å². The minimum atomic E-state index is 0.704. The third-order valence-electron chi connectivity index (χ3n) is 3.76. The molecule has 0 radical (unpaired) electrons. The summed E-state index contributed by atoms with van der Waals surface area (Å²) in [7, 11) is 0. The first-order chi connectivity index (χ1) is 9.76. The van der Waals surface area contributed by atoms with Crippen LogP contribution in [0, 0.1) is 0 Å². The number of benzene rings is 2. The molecule has 0 aromatic heterocycles. The molecule has 0 unspecified atom stereocenters. The van der Waals surface area contributed by atoms with Crippen molar-refractivity contribution >= 4 is 11.4 Å². The van der Waals surface area contributed by atoms with Crippen LogP contribution < -0.4 is 15.4 Å². The Morgan fingerprint density at radius 1 is 1.10 bits per heavy atom. The fourth-order valence-corrected chi connectivity index (χ4v) is 2.72. The van der Waals surface area contributed by atoms with Gasteiger partial charge in [0, 0.05) is 24.5 Å². The molecule has 0 atom stereocenters. The molecule has 2 N–H and O–H groups in total. The van der Waals surface area contributed by atoms with Crippen LogP contribution in [-0.2, 0) is 13.0 Å². The minimum absolute atomic E-state index is 0.704. The van der Waals surface area contributed by atoms with E-state index in [1.807, 2.05) is 25.1 Å². The van der Waals surface area contributed by atoms with Gasteiger partial charge in [0.15, 0.2) is 0 Å². The molecule has 0 saturated carbocycles. The maximum absolute atomic E-state index is 5.88. The van der Waals surface area contributed by atoms with Gasteiger partial charge in [0.25, 0.3) is 0 Å². The SMILES string of the molecule is CCOc1ccc(N2CCc3ccc(N)cc3C2)cc1. The summed E-state index contributed by atoms with van der Waals surface area (Å²) < 4.78 is 5.49. The summed E-state index contributed by atoms with van der Waals surface area (Å²) in [5.74, 6) is 0.929. The highest BCUT2D eigenvalue weighted by Crippen LogP contribution is 2.27. The van der Waals surface area contributed by atoms with Crippen molar-refractivity contribution in [3.8, 4) is 5.75 Å². The average Bonchev–Trinajstić information content (AvgIpc) is 2.47.